The van der Waals surface area contributed by atoms with E-state index < -0.39 is 0 Å². The normalized spacial score (nSPS) is 10.6. The first-order chi connectivity index (χ1) is 13.7. The maximum atomic E-state index is 12.0. The van der Waals surface area contributed by atoms with E-state index in [9.17, 15) is 4.79 Å². The van der Waals surface area contributed by atoms with Crippen molar-refractivity contribution in [2.45, 2.75) is 26.3 Å². The third-order valence-electron chi connectivity index (χ3n) is 4.16. The first-order valence-electron chi connectivity index (χ1n) is 9.67. The molecule has 0 saturated heterocycles. The molecule has 0 spiro atoms. The van der Waals surface area contributed by atoms with Crippen LogP contribution >= 0.6 is 24.0 Å². The average Bonchev–Trinajstić information content (AvgIpc) is 2.73. The molecule has 7 heteroatoms. The van der Waals surface area contributed by atoms with Gasteiger partial charge in [-0.25, -0.2) is 0 Å². The molecule has 0 aromatic heterocycles. The van der Waals surface area contributed by atoms with Gasteiger partial charge >= 0.3 is 0 Å². The van der Waals surface area contributed by atoms with E-state index >= 15 is 0 Å². The molecule has 6 nitrogen and oxygen atoms in total. The lowest BCUT2D eigenvalue weighted by Gasteiger charge is -2.12. The number of ether oxygens (including phenoxy) is 1. The smallest absolute Gasteiger partial charge is 0.222 e. The first kappa shape index (κ1) is 24.7. The van der Waals surface area contributed by atoms with Crippen LogP contribution in [0.1, 0.15) is 24.5 Å². The van der Waals surface area contributed by atoms with Crippen molar-refractivity contribution in [2.75, 3.05) is 26.7 Å². The number of methoxy groups -OCH3 is 1. The Balaban J connectivity index is 0.00000420. The topological polar surface area (TPSA) is 74.8 Å². The first-order valence-corrected chi connectivity index (χ1v) is 9.67. The highest BCUT2D eigenvalue weighted by Gasteiger charge is 2.04. The Morgan fingerprint density at radius 1 is 1.00 bits per heavy atom. The van der Waals surface area contributed by atoms with E-state index in [0.29, 0.717) is 25.5 Å². The fourth-order valence-electron chi connectivity index (χ4n) is 2.72. The maximum Gasteiger partial charge on any atom is 0.222 e. The van der Waals surface area contributed by atoms with Gasteiger partial charge in [0.25, 0.3) is 0 Å². The zero-order valence-electron chi connectivity index (χ0n) is 17.1. The fraction of sp³-hybridized carbons (Fsp3) is 0.364. The number of halogens is 1. The number of benzene rings is 2. The second-order valence-corrected chi connectivity index (χ2v) is 6.26. The van der Waals surface area contributed by atoms with Gasteiger partial charge in [-0.05, 0) is 30.5 Å². The predicted octanol–water partition coefficient (Wildman–Crippen LogP) is 3.12. The van der Waals surface area contributed by atoms with E-state index in [0.717, 1.165) is 36.4 Å². The second kappa shape index (κ2) is 14.7. The number of guanidine groups is 1. The van der Waals surface area contributed by atoms with Crippen molar-refractivity contribution in [1.82, 2.24) is 16.0 Å². The van der Waals surface area contributed by atoms with Crippen LogP contribution in [-0.4, -0.2) is 38.6 Å². The molecule has 0 aliphatic carbocycles. The molecule has 0 aliphatic heterocycles. The summed E-state index contributed by atoms with van der Waals surface area (Å²) in [5.41, 5.74) is 2.24. The van der Waals surface area contributed by atoms with Crippen molar-refractivity contribution in [1.29, 1.82) is 0 Å². The summed E-state index contributed by atoms with van der Waals surface area (Å²) in [5, 5.41) is 9.43. The third kappa shape index (κ3) is 9.65. The molecular weight excluding hydrogens is 479 g/mol. The van der Waals surface area contributed by atoms with Crippen LogP contribution < -0.4 is 20.7 Å². The van der Waals surface area contributed by atoms with Crippen LogP contribution in [0.2, 0.25) is 0 Å². The average molecular weight is 510 g/mol. The Bertz CT molecular complexity index is 753. The lowest BCUT2D eigenvalue weighted by atomic mass is 10.1. The number of nitrogens with one attached hydrogen (secondary N) is 3. The van der Waals surface area contributed by atoms with Crippen molar-refractivity contribution in [3.8, 4) is 5.75 Å². The number of hydrogen-bond donors (Lipinski definition) is 3. The van der Waals surface area contributed by atoms with Gasteiger partial charge in [-0.3, -0.25) is 9.79 Å². The van der Waals surface area contributed by atoms with Crippen molar-refractivity contribution >= 4 is 35.8 Å². The summed E-state index contributed by atoms with van der Waals surface area (Å²) in [4.78, 5) is 16.5. The zero-order valence-corrected chi connectivity index (χ0v) is 19.4. The van der Waals surface area contributed by atoms with Crippen LogP contribution in [0.25, 0.3) is 0 Å². The van der Waals surface area contributed by atoms with Gasteiger partial charge in [0.15, 0.2) is 5.96 Å². The highest BCUT2D eigenvalue weighted by Crippen LogP contribution is 2.17. The van der Waals surface area contributed by atoms with Gasteiger partial charge in [-0.15, -0.1) is 24.0 Å². The summed E-state index contributed by atoms with van der Waals surface area (Å²) < 4.78 is 5.38. The second-order valence-electron chi connectivity index (χ2n) is 6.26. The number of carbonyl (C=O) groups excluding carboxylic acids is 1. The minimum absolute atomic E-state index is 0. The highest BCUT2D eigenvalue weighted by molar-refractivity contribution is 14.0. The maximum absolute atomic E-state index is 12.0. The van der Waals surface area contributed by atoms with Crippen LogP contribution in [0.5, 0.6) is 5.75 Å². The number of para-hydroxylation sites is 1. The molecular formula is C22H31IN4O2. The Morgan fingerprint density at radius 3 is 2.45 bits per heavy atom. The van der Waals surface area contributed by atoms with Gasteiger partial charge in [0.1, 0.15) is 5.75 Å². The summed E-state index contributed by atoms with van der Waals surface area (Å²) in [6, 6.07) is 17.9. The van der Waals surface area contributed by atoms with E-state index in [4.69, 9.17) is 4.74 Å². The van der Waals surface area contributed by atoms with Gasteiger partial charge in [0.05, 0.1) is 13.7 Å². The minimum Gasteiger partial charge on any atom is -0.496 e. The molecule has 0 fully saturated rings. The molecule has 0 atom stereocenters. The molecule has 0 heterocycles. The van der Waals surface area contributed by atoms with Gasteiger partial charge in [0.2, 0.25) is 5.91 Å². The van der Waals surface area contributed by atoms with Gasteiger partial charge in [-0.1, -0.05) is 48.5 Å². The van der Waals surface area contributed by atoms with Crippen LogP contribution in [0, 0.1) is 0 Å². The molecule has 0 aliphatic rings. The van der Waals surface area contributed by atoms with Crippen LogP contribution in [0.3, 0.4) is 0 Å². The Kier molecular flexibility index (Phi) is 12.5. The number of carbonyl (C=O) groups is 1. The third-order valence-corrected chi connectivity index (χ3v) is 4.16. The van der Waals surface area contributed by atoms with Crippen molar-refractivity contribution < 1.29 is 9.53 Å². The molecule has 0 saturated carbocycles. The summed E-state index contributed by atoms with van der Waals surface area (Å²) in [6.45, 7) is 4.49. The lowest BCUT2D eigenvalue weighted by Crippen LogP contribution is -2.38. The number of aliphatic imine (C=N–C) groups is 1. The fourth-order valence-corrected chi connectivity index (χ4v) is 2.72. The van der Waals surface area contributed by atoms with E-state index in [-0.39, 0.29) is 29.9 Å². The molecule has 158 valence electrons. The van der Waals surface area contributed by atoms with Crippen molar-refractivity contribution in [3.63, 3.8) is 0 Å². The molecule has 3 N–H and O–H groups in total. The van der Waals surface area contributed by atoms with Crippen molar-refractivity contribution in [3.05, 3.63) is 65.7 Å². The summed E-state index contributed by atoms with van der Waals surface area (Å²) >= 11 is 0. The quantitative estimate of drug-likeness (QED) is 0.261. The van der Waals surface area contributed by atoms with Crippen LogP contribution in [0.15, 0.2) is 59.6 Å². The summed E-state index contributed by atoms with van der Waals surface area (Å²) in [5.74, 6) is 1.60. The summed E-state index contributed by atoms with van der Waals surface area (Å²) in [6.07, 6.45) is 1.18. The Labute approximate surface area is 190 Å². The van der Waals surface area contributed by atoms with Crippen molar-refractivity contribution in [2.24, 2.45) is 4.99 Å². The molecule has 0 radical (unpaired) electrons. The number of rotatable bonds is 10. The summed E-state index contributed by atoms with van der Waals surface area (Å²) in [7, 11) is 1.68. The molecule has 0 unspecified atom stereocenters. The predicted molar refractivity (Wildman–Crippen MR) is 129 cm³/mol. The molecule has 2 rings (SSSR count). The number of nitrogens with zero attached hydrogens (tertiary/aromatic N) is 1. The largest absolute Gasteiger partial charge is 0.496 e. The standard InChI is InChI=1S/C22H30N4O2.HI/c1-3-23-22(24-15-13-19-11-7-8-12-20(19)28-2)25-16-14-21(27)26-17-18-9-5-4-6-10-18;/h4-12H,3,13-17H2,1-2H3,(H,26,27)(H2,23,24,25);1H. The van der Waals surface area contributed by atoms with E-state index in [1.807, 2.05) is 55.5 Å². The van der Waals surface area contributed by atoms with Gasteiger partial charge < -0.3 is 20.7 Å². The van der Waals surface area contributed by atoms with Gasteiger partial charge in [0, 0.05) is 26.1 Å². The van der Waals surface area contributed by atoms with Gasteiger partial charge in [-0.2, -0.15) is 0 Å². The lowest BCUT2D eigenvalue weighted by molar-refractivity contribution is -0.121. The Morgan fingerprint density at radius 2 is 1.72 bits per heavy atom. The monoisotopic (exact) mass is 510 g/mol. The molecule has 1 amide bonds. The Hall–Kier alpha value is -2.29. The SMILES string of the molecule is CCNC(=NCCC(=O)NCc1ccccc1)NCCc1ccccc1OC.I. The molecule has 29 heavy (non-hydrogen) atoms. The van der Waals surface area contributed by atoms with Crippen LogP contribution in [-0.2, 0) is 17.8 Å². The molecule has 0 bridgehead atoms. The molecule has 2 aromatic carbocycles. The van der Waals surface area contributed by atoms with E-state index in [1.165, 1.54) is 0 Å². The minimum atomic E-state index is -0.00234. The van der Waals surface area contributed by atoms with E-state index in [2.05, 4.69) is 27.0 Å². The van der Waals surface area contributed by atoms with E-state index in [1.54, 1.807) is 7.11 Å². The number of hydrogen-bond acceptors (Lipinski definition) is 3. The van der Waals surface area contributed by atoms with Crippen LogP contribution in [0.4, 0.5) is 0 Å². The zero-order chi connectivity index (χ0) is 20.0. The number of amides is 1. The molecule has 2 aromatic rings. The highest BCUT2D eigenvalue weighted by atomic mass is 127.